The maximum Gasteiger partial charge on any atom is 0.154 e. The number of carbonyl (C=O) groups is 2. The van der Waals surface area contributed by atoms with E-state index in [1.54, 1.807) is 18.2 Å². The molecule has 2 heterocycles. The van der Waals surface area contributed by atoms with Gasteiger partial charge >= 0.3 is 0 Å². The van der Waals surface area contributed by atoms with Gasteiger partial charge in [-0.15, -0.1) is 0 Å². The molecule has 0 radical (unpaired) electrons. The van der Waals surface area contributed by atoms with E-state index < -0.39 is 5.92 Å². The molecule has 2 saturated heterocycles. The van der Waals surface area contributed by atoms with Gasteiger partial charge in [-0.1, -0.05) is 13.0 Å². The molecule has 0 amide bonds. The van der Waals surface area contributed by atoms with Crippen LogP contribution in [-0.2, 0) is 20.7 Å². The highest BCUT2D eigenvalue weighted by Gasteiger charge is 2.63. The second-order valence-corrected chi connectivity index (χ2v) is 7.85. The molecule has 5 rings (SSSR count). The predicted octanol–water partition coefficient (Wildman–Crippen LogP) is 4.21. The standard InChI is InChI=1S/C23H21FO4/c1-2-12-3-6-15(27-14-7-4-13(24)5-8-14)11-16(12)19-22(25)20-17-9-10-18(28-17)21(20)23(19)26/h3-8,11,17-21H,2,9-10H2,1H3/t17-,18+,19?,20-,21+. The molecule has 2 aromatic carbocycles. The molecule has 1 aliphatic carbocycles. The molecule has 5 heteroatoms. The number of hydrogen-bond donors (Lipinski definition) is 0. The summed E-state index contributed by atoms with van der Waals surface area (Å²) in [6, 6.07) is 11.3. The second kappa shape index (κ2) is 6.52. The van der Waals surface area contributed by atoms with E-state index in [2.05, 4.69) is 0 Å². The number of carbonyl (C=O) groups excluding carboxylic acids is 2. The van der Waals surface area contributed by atoms with E-state index in [0.29, 0.717) is 11.5 Å². The van der Waals surface area contributed by atoms with Crippen LogP contribution in [0.5, 0.6) is 11.5 Å². The van der Waals surface area contributed by atoms with Crippen molar-refractivity contribution in [1.29, 1.82) is 0 Å². The summed E-state index contributed by atoms with van der Waals surface area (Å²) in [4.78, 5) is 26.4. The first-order valence-electron chi connectivity index (χ1n) is 9.86. The number of hydrogen-bond acceptors (Lipinski definition) is 4. The van der Waals surface area contributed by atoms with Gasteiger partial charge in [-0.25, -0.2) is 4.39 Å². The molecular weight excluding hydrogens is 359 g/mol. The van der Waals surface area contributed by atoms with Crippen LogP contribution in [0.15, 0.2) is 42.5 Å². The smallest absolute Gasteiger partial charge is 0.154 e. The SMILES string of the molecule is CCc1ccc(Oc2ccc(F)cc2)cc1C1C(=O)[C@@H]2[C@H](C1=O)[C@H]1CC[C@@H]2O1. The van der Waals surface area contributed by atoms with Crippen LogP contribution in [-0.4, -0.2) is 23.8 Å². The molecule has 0 N–H and O–H groups in total. The van der Waals surface area contributed by atoms with Crippen LogP contribution in [0, 0.1) is 17.7 Å². The fourth-order valence-electron chi connectivity index (χ4n) is 5.10. The minimum absolute atomic E-state index is 0.00386. The number of fused-ring (bicyclic) bond motifs is 5. The lowest BCUT2D eigenvalue weighted by atomic mass is 9.81. The van der Waals surface area contributed by atoms with Gasteiger partial charge < -0.3 is 9.47 Å². The van der Waals surface area contributed by atoms with Crippen molar-refractivity contribution in [3.8, 4) is 11.5 Å². The Morgan fingerprint density at radius 2 is 1.57 bits per heavy atom. The number of benzene rings is 2. The highest BCUT2D eigenvalue weighted by atomic mass is 19.1. The molecule has 2 aromatic rings. The Hall–Kier alpha value is -2.53. The van der Waals surface area contributed by atoms with Gasteiger partial charge in [0.15, 0.2) is 11.6 Å². The van der Waals surface area contributed by atoms with Crippen molar-refractivity contribution in [3.63, 3.8) is 0 Å². The number of Topliss-reactive ketones (excluding diaryl/α,β-unsaturated/α-hetero) is 2. The van der Waals surface area contributed by atoms with E-state index in [-0.39, 0.29) is 41.4 Å². The minimum atomic E-state index is -0.728. The summed E-state index contributed by atoms with van der Waals surface area (Å²) in [6.07, 6.45) is 2.26. The van der Waals surface area contributed by atoms with E-state index in [4.69, 9.17) is 9.47 Å². The number of ketones is 2. The van der Waals surface area contributed by atoms with Gasteiger partial charge in [0.25, 0.3) is 0 Å². The highest BCUT2D eigenvalue weighted by Crippen LogP contribution is 2.52. The number of ether oxygens (including phenoxy) is 2. The Kier molecular flexibility index (Phi) is 4.09. The third-order valence-corrected chi connectivity index (χ3v) is 6.36. The Labute approximate surface area is 162 Å². The van der Waals surface area contributed by atoms with Gasteiger partial charge in [0.2, 0.25) is 0 Å². The predicted molar refractivity (Wildman–Crippen MR) is 99.9 cm³/mol. The summed E-state index contributed by atoms with van der Waals surface area (Å²) in [5.41, 5.74) is 1.72. The summed E-state index contributed by atoms with van der Waals surface area (Å²) in [5, 5.41) is 0. The van der Waals surface area contributed by atoms with Crippen LogP contribution in [0.25, 0.3) is 0 Å². The zero-order chi connectivity index (χ0) is 19.4. The van der Waals surface area contributed by atoms with Crippen molar-refractivity contribution in [2.45, 2.75) is 44.3 Å². The lowest BCUT2D eigenvalue weighted by molar-refractivity contribution is -0.127. The van der Waals surface area contributed by atoms with Gasteiger partial charge in [0, 0.05) is 0 Å². The quantitative estimate of drug-likeness (QED) is 0.746. The lowest BCUT2D eigenvalue weighted by Crippen LogP contribution is -2.29. The minimum Gasteiger partial charge on any atom is -0.457 e. The highest BCUT2D eigenvalue weighted by molar-refractivity contribution is 6.17. The van der Waals surface area contributed by atoms with Gasteiger partial charge in [-0.3, -0.25) is 9.59 Å². The largest absolute Gasteiger partial charge is 0.457 e. The first kappa shape index (κ1) is 17.6. The van der Waals surface area contributed by atoms with Gasteiger partial charge in [0.1, 0.15) is 23.2 Å². The molecule has 2 bridgehead atoms. The molecule has 3 aliphatic rings. The van der Waals surface area contributed by atoms with Gasteiger partial charge in [0.05, 0.1) is 24.0 Å². The number of aryl methyl sites for hydroxylation is 1. The summed E-state index contributed by atoms with van der Waals surface area (Å²) in [6.45, 7) is 2.01. The molecule has 28 heavy (non-hydrogen) atoms. The van der Waals surface area contributed by atoms with Crippen LogP contribution in [0.2, 0.25) is 0 Å². The Bertz CT molecular complexity index is 924. The summed E-state index contributed by atoms with van der Waals surface area (Å²) >= 11 is 0. The van der Waals surface area contributed by atoms with Crippen molar-refractivity contribution in [2.75, 3.05) is 0 Å². The first-order valence-corrected chi connectivity index (χ1v) is 9.86. The third kappa shape index (κ3) is 2.60. The van der Waals surface area contributed by atoms with E-state index in [9.17, 15) is 14.0 Å². The average Bonchev–Trinajstić information content (AvgIpc) is 3.37. The van der Waals surface area contributed by atoms with E-state index >= 15 is 0 Å². The zero-order valence-electron chi connectivity index (χ0n) is 15.6. The Balaban J connectivity index is 1.49. The lowest BCUT2D eigenvalue weighted by Gasteiger charge is -2.17. The van der Waals surface area contributed by atoms with Crippen LogP contribution in [0.3, 0.4) is 0 Å². The third-order valence-electron chi connectivity index (χ3n) is 6.36. The topological polar surface area (TPSA) is 52.6 Å². The summed E-state index contributed by atoms with van der Waals surface area (Å²) in [7, 11) is 0. The van der Waals surface area contributed by atoms with Crippen LogP contribution < -0.4 is 4.74 Å². The van der Waals surface area contributed by atoms with E-state index in [1.807, 2.05) is 19.1 Å². The monoisotopic (exact) mass is 380 g/mol. The number of halogens is 1. The Morgan fingerprint density at radius 1 is 0.964 bits per heavy atom. The van der Waals surface area contributed by atoms with E-state index in [0.717, 1.165) is 30.4 Å². The number of rotatable bonds is 4. The fraction of sp³-hybridized carbons (Fsp3) is 0.391. The fourth-order valence-corrected chi connectivity index (χ4v) is 5.10. The van der Waals surface area contributed by atoms with Crippen LogP contribution >= 0.6 is 0 Å². The van der Waals surface area contributed by atoms with Crippen LogP contribution in [0.1, 0.15) is 36.8 Å². The second-order valence-electron chi connectivity index (χ2n) is 7.85. The molecule has 144 valence electrons. The molecule has 0 aromatic heterocycles. The van der Waals surface area contributed by atoms with Crippen molar-refractivity contribution >= 4 is 11.6 Å². The molecule has 2 aliphatic heterocycles. The van der Waals surface area contributed by atoms with Gasteiger partial charge in [-0.05, 0) is 66.8 Å². The van der Waals surface area contributed by atoms with Crippen molar-refractivity contribution in [2.24, 2.45) is 11.8 Å². The molecule has 3 fully saturated rings. The zero-order valence-corrected chi connectivity index (χ0v) is 15.6. The molecule has 4 nitrogen and oxygen atoms in total. The normalized spacial score (nSPS) is 30.7. The summed E-state index contributed by atoms with van der Waals surface area (Å²) in [5.74, 6) is -0.606. The summed E-state index contributed by atoms with van der Waals surface area (Å²) < 4.78 is 24.8. The molecule has 0 spiro atoms. The maximum atomic E-state index is 13.2. The van der Waals surface area contributed by atoms with Crippen molar-refractivity contribution in [3.05, 3.63) is 59.4 Å². The molecule has 1 saturated carbocycles. The van der Waals surface area contributed by atoms with Crippen LogP contribution in [0.4, 0.5) is 4.39 Å². The molecule has 5 atom stereocenters. The Morgan fingerprint density at radius 3 is 2.18 bits per heavy atom. The molecule has 1 unspecified atom stereocenters. The molecular formula is C23H21FO4. The average molecular weight is 380 g/mol. The first-order chi connectivity index (χ1) is 13.6. The van der Waals surface area contributed by atoms with Crippen molar-refractivity contribution in [1.82, 2.24) is 0 Å². The van der Waals surface area contributed by atoms with Gasteiger partial charge in [-0.2, -0.15) is 0 Å². The van der Waals surface area contributed by atoms with E-state index in [1.165, 1.54) is 12.1 Å². The van der Waals surface area contributed by atoms with Crippen molar-refractivity contribution < 1.29 is 23.5 Å². The maximum absolute atomic E-state index is 13.2.